The summed E-state index contributed by atoms with van der Waals surface area (Å²) in [4.78, 5) is 25.9. The minimum absolute atomic E-state index is 0.121. The van der Waals surface area contributed by atoms with Gasteiger partial charge >= 0.3 is 6.03 Å². The van der Waals surface area contributed by atoms with Gasteiger partial charge in [-0.05, 0) is 49.9 Å². The second kappa shape index (κ2) is 6.57. The summed E-state index contributed by atoms with van der Waals surface area (Å²) in [6.45, 7) is 1.47. The summed E-state index contributed by atoms with van der Waals surface area (Å²) < 4.78 is 0. The first-order valence-electron chi connectivity index (χ1n) is 7.74. The maximum absolute atomic E-state index is 12.0. The van der Waals surface area contributed by atoms with Crippen LogP contribution < -0.4 is 10.6 Å². The molecule has 0 aromatic heterocycles. The number of likely N-dealkylation sites (tertiary alicyclic amines) is 1. The van der Waals surface area contributed by atoms with Gasteiger partial charge in [-0.1, -0.05) is 11.6 Å². The number of halogens is 1. The third kappa shape index (κ3) is 3.91. The van der Waals surface area contributed by atoms with Crippen LogP contribution in [0.3, 0.4) is 0 Å². The fraction of sp³-hybridized carbons (Fsp3) is 0.500. The third-order valence-electron chi connectivity index (χ3n) is 4.17. The number of carbonyl (C=O) groups is 2. The van der Waals surface area contributed by atoms with Crippen molar-refractivity contribution in [3.8, 4) is 0 Å². The molecule has 5 nitrogen and oxygen atoms in total. The van der Waals surface area contributed by atoms with Crippen molar-refractivity contribution in [2.24, 2.45) is 5.92 Å². The Morgan fingerprint density at radius 1 is 1.05 bits per heavy atom. The number of nitrogens with zero attached hydrogens (tertiary/aromatic N) is 1. The highest BCUT2D eigenvalue weighted by molar-refractivity contribution is 6.30. The van der Waals surface area contributed by atoms with Crippen LogP contribution in [0.5, 0.6) is 0 Å². The van der Waals surface area contributed by atoms with E-state index in [-0.39, 0.29) is 18.0 Å². The molecule has 0 spiro atoms. The van der Waals surface area contributed by atoms with Gasteiger partial charge in [-0.3, -0.25) is 4.79 Å². The largest absolute Gasteiger partial charge is 0.342 e. The molecule has 0 bridgehead atoms. The molecule has 2 fully saturated rings. The highest BCUT2D eigenvalue weighted by atomic mass is 35.5. The van der Waals surface area contributed by atoms with Crippen LogP contribution in [0.2, 0.25) is 5.02 Å². The van der Waals surface area contributed by atoms with Crippen LogP contribution >= 0.6 is 11.6 Å². The van der Waals surface area contributed by atoms with Crippen molar-refractivity contribution in [3.05, 3.63) is 29.3 Å². The SMILES string of the molecule is O=C(Nc1ccc(Cl)cc1)NC1CCN(C(=O)C2CC2)CC1. The van der Waals surface area contributed by atoms with E-state index >= 15 is 0 Å². The Kier molecular flexibility index (Phi) is 4.52. The minimum Gasteiger partial charge on any atom is -0.342 e. The fourth-order valence-corrected chi connectivity index (χ4v) is 2.84. The molecule has 1 aliphatic heterocycles. The van der Waals surface area contributed by atoms with Crippen molar-refractivity contribution < 1.29 is 9.59 Å². The lowest BCUT2D eigenvalue weighted by molar-refractivity contribution is -0.133. The Labute approximate surface area is 135 Å². The van der Waals surface area contributed by atoms with Crippen LogP contribution in [-0.4, -0.2) is 36.0 Å². The lowest BCUT2D eigenvalue weighted by atomic mass is 10.0. The standard InChI is InChI=1S/C16H20ClN3O2/c17-12-3-5-13(6-4-12)18-16(22)19-14-7-9-20(10-8-14)15(21)11-1-2-11/h3-6,11,14H,1-2,7-10H2,(H2,18,19,22). The predicted molar refractivity (Wildman–Crippen MR) is 85.9 cm³/mol. The first kappa shape index (κ1) is 15.2. The molecule has 2 aliphatic rings. The summed E-state index contributed by atoms with van der Waals surface area (Å²) in [7, 11) is 0. The number of anilines is 1. The van der Waals surface area contributed by atoms with Gasteiger partial charge in [0.05, 0.1) is 0 Å². The molecular formula is C16H20ClN3O2. The zero-order chi connectivity index (χ0) is 15.5. The van der Waals surface area contributed by atoms with Crippen LogP contribution in [-0.2, 0) is 4.79 Å². The average Bonchev–Trinajstić information content (AvgIpc) is 3.34. The summed E-state index contributed by atoms with van der Waals surface area (Å²) in [6.07, 6.45) is 3.71. The Morgan fingerprint density at radius 2 is 1.68 bits per heavy atom. The first-order valence-corrected chi connectivity index (χ1v) is 8.11. The van der Waals surface area contributed by atoms with Crippen molar-refractivity contribution in [1.29, 1.82) is 0 Å². The number of rotatable bonds is 3. The van der Waals surface area contributed by atoms with Crippen LogP contribution in [0.15, 0.2) is 24.3 Å². The molecule has 1 heterocycles. The molecular weight excluding hydrogens is 302 g/mol. The van der Waals surface area contributed by atoms with Gasteiger partial charge < -0.3 is 15.5 Å². The quantitative estimate of drug-likeness (QED) is 0.899. The fourth-order valence-electron chi connectivity index (χ4n) is 2.72. The molecule has 1 aromatic rings. The number of benzene rings is 1. The van der Waals surface area contributed by atoms with E-state index in [1.165, 1.54) is 0 Å². The number of hydrogen-bond acceptors (Lipinski definition) is 2. The monoisotopic (exact) mass is 321 g/mol. The summed E-state index contributed by atoms with van der Waals surface area (Å²) in [5, 5.41) is 6.39. The summed E-state index contributed by atoms with van der Waals surface area (Å²) in [5.74, 6) is 0.571. The van der Waals surface area contributed by atoms with E-state index < -0.39 is 0 Å². The molecule has 3 rings (SSSR count). The molecule has 1 aromatic carbocycles. The Balaban J connectivity index is 1.43. The van der Waals surface area contributed by atoms with Gasteiger partial charge in [0.2, 0.25) is 5.91 Å². The average molecular weight is 322 g/mol. The van der Waals surface area contributed by atoms with Crippen molar-refractivity contribution >= 4 is 29.2 Å². The summed E-state index contributed by atoms with van der Waals surface area (Å²) in [6, 6.07) is 6.90. The number of nitrogens with one attached hydrogen (secondary N) is 2. The number of hydrogen-bond donors (Lipinski definition) is 2. The summed E-state index contributed by atoms with van der Waals surface area (Å²) in [5.41, 5.74) is 0.711. The Hall–Kier alpha value is -1.75. The second-order valence-corrected chi connectivity index (χ2v) is 6.42. The zero-order valence-corrected chi connectivity index (χ0v) is 13.1. The molecule has 1 aliphatic carbocycles. The van der Waals surface area contributed by atoms with Gasteiger partial charge in [0, 0.05) is 35.8 Å². The number of urea groups is 1. The highest BCUT2D eigenvalue weighted by Gasteiger charge is 2.35. The van der Waals surface area contributed by atoms with Crippen molar-refractivity contribution in [3.63, 3.8) is 0 Å². The smallest absolute Gasteiger partial charge is 0.319 e. The van der Waals surface area contributed by atoms with Gasteiger partial charge in [-0.25, -0.2) is 4.79 Å². The molecule has 3 amide bonds. The lowest BCUT2D eigenvalue weighted by Gasteiger charge is -2.32. The molecule has 1 saturated carbocycles. The highest BCUT2D eigenvalue weighted by Crippen LogP contribution is 2.31. The van der Waals surface area contributed by atoms with Crippen LogP contribution in [0, 0.1) is 5.92 Å². The topological polar surface area (TPSA) is 61.4 Å². The van der Waals surface area contributed by atoms with Crippen molar-refractivity contribution in [2.45, 2.75) is 31.7 Å². The minimum atomic E-state index is -0.214. The van der Waals surface area contributed by atoms with E-state index in [2.05, 4.69) is 10.6 Å². The van der Waals surface area contributed by atoms with E-state index in [9.17, 15) is 9.59 Å². The van der Waals surface area contributed by atoms with Crippen LogP contribution in [0.4, 0.5) is 10.5 Å². The van der Waals surface area contributed by atoms with E-state index in [0.717, 1.165) is 38.8 Å². The third-order valence-corrected chi connectivity index (χ3v) is 4.42. The van der Waals surface area contributed by atoms with Gasteiger partial charge in [-0.15, -0.1) is 0 Å². The predicted octanol–water partition coefficient (Wildman–Crippen LogP) is 2.86. The van der Waals surface area contributed by atoms with E-state index in [0.29, 0.717) is 16.6 Å². The molecule has 22 heavy (non-hydrogen) atoms. The normalized spacial score (nSPS) is 18.9. The number of carbonyl (C=O) groups excluding carboxylic acids is 2. The molecule has 118 valence electrons. The molecule has 0 radical (unpaired) electrons. The molecule has 0 unspecified atom stereocenters. The van der Waals surface area contributed by atoms with E-state index in [4.69, 9.17) is 11.6 Å². The van der Waals surface area contributed by atoms with Gasteiger partial charge in [0.15, 0.2) is 0 Å². The number of piperidine rings is 1. The van der Waals surface area contributed by atoms with Crippen LogP contribution in [0.1, 0.15) is 25.7 Å². The van der Waals surface area contributed by atoms with Crippen molar-refractivity contribution in [2.75, 3.05) is 18.4 Å². The molecule has 2 N–H and O–H groups in total. The van der Waals surface area contributed by atoms with E-state index in [1.807, 2.05) is 4.90 Å². The van der Waals surface area contributed by atoms with Crippen LogP contribution in [0.25, 0.3) is 0 Å². The Morgan fingerprint density at radius 3 is 2.27 bits per heavy atom. The van der Waals surface area contributed by atoms with Gasteiger partial charge in [0.1, 0.15) is 0 Å². The van der Waals surface area contributed by atoms with Gasteiger partial charge in [-0.2, -0.15) is 0 Å². The second-order valence-electron chi connectivity index (χ2n) is 5.98. The maximum Gasteiger partial charge on any atom is 0.319 e. The number of amides is 3. The van der Waals surface area contributed by atoms with Gasteiger partial charge in [0.25, 0.3) is 0 Å². The van der Waals surface area contributed by atoms with E-state index in [1.54, 1.807) is 24.3 Å². The molecule has 6 heteroatoms. The first-order chi connectivity index (χ1) is 10.6. The maximum atomic E-state index is 12.0. The van der Waals surface area contributed by atoms with Crippen molar-refractivity contribution in [1.82, 2.24) is 10.2 Å². The molecule has 0 atom stereocenters. The summed E-state index contributed by atoms with van der Waals surface area (Å²) >= 11 is 5.81. The lowest BCUT2D eigenvalue weighted by Crippen LogP contribution is -2.47. The zero-order valence-electron chi connectivity index (χ0n) is 12.3. The molecule has 1 saturated heterocycles. The Bertz CT molecular complexity index is 549.